The van der Waals surface area contributed by atoms with Gasteiger partial charge in [-0.25, -0.2) is 4.98 Å². The Morgan fingerprint density at radius 2 is 1.84 bits per heavy atom. The van der Waals surface area contributed by atoms with Crippen LogP contribution in [0.2, 0.25) is 0 Å². The van der Waals surface area contributed by atoms with E-state index in [2.05, 4.69) is 12.1 Å². The van der Waals surface area contributed by atoms with Gasteiger partial charge in [0.15, 0.2) is 0 Å². The Bertz CT molecular complexity index is 790. The molecule has 1 N–H and O–H groups in total. The zero-order valence-corrected chi connectivity index (χ0v) is 14.5. The van der Waals surface area contributed by atoms with Crippen molar-refractivity contribution in [3.8, 4) is 12.1 Å². The molecule has 130 valence electrons. The highest BCUT2D eigenvalue weighted by atomic mass is 16.4. The SMILES string of the molecule is CC1(C(=O)O)CCN(c2nc3c(c(C#N)c2C#N)CCCCCC3)C1. The van der Waals surface area contributed by atoms with Gasteiger partial charge < -0.3 is 10.0 Å². The lowest BCUT2D eigenvalue weighted by molar-refractivity contribution is -0.146. The summed E-state index contributed by atoms with van der Waals surface area (Å²) in [6.07, 6.45) is 6.43. The summed E-state index contributed by atoms with van der Waals surface area (Å²) in [6, 6.07) is 4.39. The van der Waals surface area contributed by atoms with Gasteiger partial charge in [-0.1, -0.05) is 12.8 Å². The van der Waals surface area contributed by atoms with Crippen LogP contribution < -0.4 is 4.90 Å². The maximum Gasteiger partial charge on any atom is 0.311 e. The number of pyridine rings is 1. The number of carboxylic acids is 1. The second-order valence-electron chi connectivity index (χ2n) is 7.29. The summed E-state index contributed by atoms with van der Waals surface area (Å²) in [7, 11) is 0. The van der Waals surface area contributed by atoms with Crippen molar-refractivity contribution in [1.29, 1.82) is 10.5 Å². The Morgan fingerprint density at radius 1 is 1.16 bits per heavy atom. The molecule has 0 aromatic carbocycles. The standard InChI is InChI=1S/C19H22N4O2/c1-19(18(24)25)8-9-23(12-19)17-15(11-21)14(10-20)13-6-4-2-3-5-7-16(13)22-17/h2-9,12H2,1H3,(H,24,25). The van der Waals surface area contributed by atoms with E-state index in [-0.39, 0.29) is 0 Å². The molecule has 6 heteroatoms. The zero-order valence-electron chi connectivity index (χ0n) is 14.5. The number of anilines is 1. The Kier molecular flexibility index (Phi) is 4.63. The minimum absolute atomic E-state index is 0.302. The summed E-state index contributed by atoms with van der Waals surface area (Å²) in [6.45, 7) is 2.57. The largest absolute Gasteiger partial charge is 0.481 e. The Balaban J connectivity index is 2.08. The molecule has 0 spiro atoms. The highest BCUT2D eigenvalue weighted by molar-refractivity contribution is 5.77. The van der Waals surface area contributed by atoms with Crippen molar-refractivity contribution in [2.75, 3.05) is 18.0 Å². The molecule has 2 aliphatic rings. The number of fused-ring (bicyclic) bond motifs is 1. The molecule has 3 rings (SSSR count). The third kappa shape index (κ3) is 3.05. The van der Waals surface area contributed by atoms with E-state index in [9.17, 15) is 20.4 Å². The zero-order chi connectivity index (χ0) is 18.0. The lowest BCUT2D eigenvalue weighted by Gasteiger charge is -2.24. The molecule has 1 aromatic rings. The Labute approximate surface area is 147 Å². The average Bonchev–Trinajstić information content (AvgIpc) is 2.98. The van der Waals surface area contributed by atoms with Gasteiger partial charge >= 0.3 is 5.97 Å². The normalized spacial score (nSPS) is 23.1. The van der Waals surface area contributed by atoms with E-state index >= 15 is 0 Å². The number of aryl methyl sites for hydroxylation is 1. The molecule has 1 aromatic heterocycles. The van der Waals surface area contributed by atoms with Gasteiger partial charge in [0.25, 0.3) is 0 Å². The van der Waals surface area contributed by atoms with E-state index in [4.69, 9.17) is 4.98 Å². The molecule has 25 heavy (non-hydrogen) atoms. The number of rotatable bonds is 2. The molecule has 1 fully saturated rings. The van der Waals surface area contributed by atoms with Gasteiger partial charge in [-0.2, -0.15) is 10.5 Å². The van der Waals surface area contributed by atoms with Crippen molar-refractivity contribution in [2.24, 2.45) is 5.41 Å². The molecule has 1 aliphatic carbocycles. The molecule has 1 unspecified atom stereocenters. The van der Waals surface area contributed by atoms with Crippen LogP contribution in [0.4, 0.5) is 5.82 Å². The molecule has 6 nitrogen and oxygen atoms in total. The fourth-order valence-corrected chi connectivity index (χ4v) is 3.86. The van der Waals surface area contributed by atoms with Gasteiger partial charge in [-0.3, -0.25) is 4.79 Å². The molecular weight excluding hydrogens is 316 g/mol. The van der Waals surface area contributed by atoms with Crippen LogP contribution in [0.5, 0.6) is 0 Å². The van der Waals surface area contributed by atoms with Gasteiger partial charge in [0, 0.05) is 18.8 Å². The summed E-state index contributed by atoms with van der Waals surface area (Å²) >= 11 is 0. The van der Waals surface area contributed by atoms with Crippen LogP contribution in [0.25, 0.3) is 0 Å². The molecular formula is C19H22N4O2. The van der Waals surface area contributed by atoms with E-state index in [1.54, 1.807) is 6.92 Å². The van der Waals surface area contributed by atoms with Crippen LogP contribution in [0.1, 0.15) is 61.4 Å². The van der Waals surface area contributed by atoms with Crippen molar-refractivity contribution >= 4 is 11.8 Å². The second kappa shape index (κ2) is 6.72. The van der Waals surface area contributed by atoms with Crippen molar-refractivity contribution < 1.29 is 9.90 Å². The summed E-state index contributed by atoms with van der Waals surface area (Å²) in [5.41, 5.74) is 1.73. The first-order chi connectivity index (χ1) is 12.0. The number of carbonyl (C=O) groups is 1. The molecule has 0 bridgehead atoms. The summed E-state index contributed by atoms with van der Waals surface area (Å²) in [4.78, 5) is 18.2. The Hall–Kier alpha value is -2.60. The molecule has 0 amide bonds. The third-order valence-corrected chi connectivity index (χ3v) is 5.47. The van der Waals surface area contributed by atoms with Crippen LogP contribution in [0, 0.1) is 28.1 Å². The minimum atomic E-state index is -0.842. The predicted octanol–water partition coefficient (Wildman–Crippen LogP) is 2.78. The molecule has 1 saturated heterocycles. The fourth-order valence-electron chi connectivity index (χ4n) is 3.86. The third-order valence-electron chi connectivity index (χ3n) is 5.47. The van der Waals surface area contributed by atoms with Gasteiger partial charge in [0.2, 0.25) is 0 Å². The first-order valence-corrected chi connectivity index (χ1v) is 8.84. The quantitative estimate of drug-likeness (QED) is 0.890. The number of nitriles is 2. The van der Waals surface area contributed by atoms with E-state index in [0.717, 1.165) is 49.8 Å². The Morgan fingerprint density at radius 3 is 2.44 bits per heavy atom. The van der Waals surface area contributed by atoms with Crippen LogP contribution in [-0.2, 0) is 17.6 Å². The van der Waals surface area contributed by atoms with Crippen molar-refractivity contribution in [3.63, 3.8) is 0 Å². The maximum absolute atomic E-state index is 11.5. The lowest BCUT2D eigenvalue weighted by Crippen LogP contribution is -2.32. The molecule has 2 heterocycles. The number of hydrogen-bond acceptors (Lipinski definition) is 5. The molecule has 1 aliphatic heterocycles. The first kappa shape index (κ1) is 17.2. The summed E-state index contributed by atoms with van der Waals surface area (Å²) in [5, 5.41) is 28.8. The maximum atomic E-state index is 11.5. The minimum Gasteiger partial charge on any atom is -0.481 e. The number of aromatic nitrogens is 1. The van der Waals surface area contributed by atoms with Crippen LogP contribution in [0.3, 0.4) is 0 Å². The monoisotopic (exact) mass is 338 g/mol. The number of hydrogen-bond donors (Lipinski definition) is 1. The van der Waals surface area contributed by atoms with E-state index < -0.39 is 11.4 Å². The van der Waals surface area contributed by atoms with Gasteiger partial charge in [-0.15, -0.1) is 0 Å². The smallest absolute Gasteiger partial charge is 0.311 e. The number of aliphatic carboxylic acids is 1. The van der Waals surface area contributed by atoms with Gasteiger partial charge in [0.05, 0.1) is 11.0 Å². The lowest BCUT2D eigenvalue weighted by atomic mass is 9.90. The number of nitrogens with zero attached hydrogens (tertiary/aromatic N) is 4. The van der Waals surface area contributed by atoms with Crippen molar-refractivity contribution in [2.45, 2.75) is 51.9 Å². The predicted molar refractivity (Wildman–Crippen MR) is 92.1 cm³/mol. The van der Waals surface area contributed by atoms with Crippen LogP contribution in [0.15, 0.2) is 0 Å². The summed E-state index contributed by atoms with van der Waals surface area (Å²) in [5.74, 6) is -0.344. The first-order valence-electron chi connectivity index (χ1n) is 8.84. The molecule has 0 saturated carbocycles. The highest BCUT2D eigenvalue weighted by Gasteiger charge is 2.42. The van der Waals surface area contributed by atoms with Crippen LogP contribution >= 0.6 is 0 Å². The van der Waals surface area contributed by atoms with E-state index in [0.29, 0.717) is 36.5 Å². The number of carboxylic acid groups (broad SMARTS) is 1. The summed E-state index contributed by atoms with van der Waals surface area (Å²) < 4.78 is 0. The van der Waals surface area contributed by atoms with Gasteiger partial charge in [-0.05, 0) is 44.6 Å². The second-order valence-corrected chi connectivity index (χ2v) is 7.29. The van der Waals surface area contributed by atoms with E-state index in [1.165, 1.54) is 0 Å². The van der Waals surface area contributed by atoms with Crippen LogP contribution in [-0.4, -0.2) is 29.1 Å². The molecule has 1 atom stereocenters. The van der Waals surface area contributed by atoms with Crippen molar-refractivity contribution in [1.82, 2.24) is 4.98 Å². The van der Waals surface area contributed by atoms with Crippen molar-refractivity contribution in [3.05, 3.63) is 22.4 Å². The van der Waals surface area contributed by atoms with Gasteiger partial charge in [0.1, 0.15) is 23.5 Å². The highest BCUT2D eigenvalue weighted by Crippen LogP contribution is 2.36. The van der Waals surface area contributed by atoms with E-state index in [1.807, 2.05) is 4.90 Å². The topological polar surface area (TPSA) is 101 Å². The average molecular weight is 338 g/mol. The molecule has 0 radical (unpaired) electrons. The fraction of sp³-hybridized carbons (Fsp3) is 0.579.